The first-order valence-corrected chi connectivity index (χ1v) is 12.6. The molecule has 0 bridgehead atoms. The molecule has 180 valence electrons. The highest BCUT2D eigenvalue weighted by molar-refractivity contribution is 6.36. The molecule has 0 radical (unpaired) electrons. The summed E-state index contributed by atoms with van der Waals surface area (Å²) in [5.41, 5.74) is 1.64. The number of rotatable bonds is 8. The monoisotopic (exact) mass is 473 g/mol. The number of nitrogens with one attached hydrogen (secondary N) is 2. The first kappa shape index (κ1) is 23.9. The molecule has 0 aromatic carbocycles. The number of aromatic nitrogens is 3. The molecule has 2 atom stereocenters. The predicted octanol–water partition coefficient (Wildman–Crippen LogP) is 5.39. The Kier molecular flexibility index (Phi) is 7.47. The summed E-state index contributed by atoms with van der Waals surface area (Å²) in [7, 11) is 1.63. The molecule has 2 unspecified atom stereocenters. The van der Waals surface area contributed by atoms with Gasteiger partial charge < -0.3 is 15.4 Å². The van der Waals surface area contributed by atoms with Gasteiger partial charge >= 0.3 is 0 Å². The third-order valence-electron chi connectivity index (χ3n) is 7.39. The van der Waals surface area contributed by atoms with Gasteiger partial charge in [-0.05, 0) is 50.4 Å². The number of amides is 1. The molecule has 2 aromatic heterocycles. The first-order valence-electron chi connectivity index (χ1n) is 12.3. The lowest BCUT2D eigenvalue weighted by Gasteiger charge is -2.34. The number of carbonyl (C=O) groups is 1. The molecule has 8 heteroatoms. The van der Waals surface area contributed by atoms with Crippen molar-refractivity contribution in [2.24, 2.45) is 17.8 Å². The van der Waals surface area contributed by atoms with Crippen molar-refractivity contribution in [1.29, 1.82) is 0 Å². The van der Waals surface area contributed by atoms with Crippen molar-refractivity contribution in [3.8, 4) is 17.0 Å². The minimum atomic E-state index is -0.226. The molecular weight excluding hydrogens is 438 g/mol. The summed E-state index contributed by atoms with van der Waals surface area (Å²) in [6, 6.07) is 2.34. The van der Waals surface area contributed by atoms with Crippen molar-refractivity contribution in [3.05, 3.63) is 23.0 Å². The van der Waals surface area contributed by atoms with Crippen LogP contribution in [0.3, 0.4) is 0 Å². The number of carbonyl (C=O) groups excluding carboxylic acids is 1. The Labute approximate surface area is 201 Å². The van der Waals surface area contributed by atoms with E-state index < -0.39 is 0 Å². The molecule has 2 aliphatic rings. The van der Waals surface area contributed by atoms with E-state index in [9.17, 15) is 4.79 Å². The minimum absolute atomic E-state index is 0.226. The van der Waals surface area contributed by atoms with Gasteiger partial charge in [-0.2, -0.15) is 5.10 Å². The molecule has 2 heterocycles. The van der Waals surface area contributed by atoms with Gasteiger partial charge in [0.2, 0.25) is 0 Å². The van der Waals surface area contributed by atoms with Gasteiger partial charge in [0.1, 0.15) is 11.6 Å². The molecule has 2 saturated carbocycles. The summed E-state index contributed by atoms with van der Waals surface area (Å²) in [6.45, 7) is 7.76. The number of aryl methyl sites for hydroxylation is 1. The van der Waals surface area contributed by atoms with Crippen LogP contribution in [0.15, 0.2) is 12.3 Å². The van der Waals surface area contributed by atoms with Crippen LogP contribution in [0.25, 0.3) is 11.3 Å². The highest BCUT2D eigenvalue weighted by Crippen LogP contribution is 2.38. The van der Waals surface area contributed by atoms with Crippen molar-refractivity contribution < 1.29 is 9.53 Å². The van der Waals surface area contributed by atoms with E-state index in [0.29, 0.717) is 47.4 Å². The largest absolute Gasteiger partial charge is 0.496 e. The van der Waals surface area contributed by atoms with Gasteiger partial charge in [0.05, 0.1) is 23.4 Å². The van der Waals surface area contributed by atoms with E-state index in [1.807, 2.05) is 13.0 Å². The number of hydrogen-bond donors (Lipinski definition) is 2. The second kappa shape index (κ2) is 10.3. The van der Waals surface area contributed by atoms with E-state index in [1.165, 1.54) is 19.3 Å². The molecule has 2 fully saturated rings. The number of pyridine rings is 1. The fourth-order valence-electron chi connectivity index (χ4n) is 4.86. The lowest BCUT2D eigenvalue weighted by atomic mass is 9.81. The second-order valence-electron chi connectivity index (χ2n) is 9.74. The number of halogens is 1. The number of ether oxygens (including phenoxy) is 1. The predicted molar refractivity (Wildman–Crippen MR) is 132 cm³/mol. The molecule has 0 aliphatic heterocycles. The molecule has 0 saturated heterocycles. The number of anilines is 1. The molecule has 1 amide bonds. The van der Waals surface area contributed by atoms with E-state index in [2.05, 4.69) is 34.6 Å². The summed E-state index contributed by atoms with van der Waals surface area (Å²) in [6.07, 6.45) is 8.92. The summed E-state index contributed by atoms with van der Waals surface area (Å²) >= 11 is 6.74. The lowest BCUT2D eigenvalue weighted by Crippen LogP contribution is -2.36. The zero-order chi connectivity index (χ0) is 23.5. The van der Waals surface area contributed by atoms with Gasteiger partial charge in [0.15, 0.2) is 5.69 Å². The third-order valence-corrected chi connectivity index (χ3v) is 7.75. The van der Waals surface area contributed by atoms with Crippen LogP contribution in [0, 0.1) is 17.8 Å². The zero-order valence-corrected chi connectivity index (χ0v) is 20.9. The van der Waals surface area contributed by atoms with Gasteiger partial charge in [-0.1, -0.05) is 38.3 Å². The highest BCUT2D eigenvalue weighted by Gasteiger charge is 2.28. The smallest absolute Gasteiger partial charge is 0.273 e. The quantitative estimate of drug-likeness (QED) is 0.537. The Morgan fingerprint density at radius 3 is 2.58 bits per heavy atom. The standard InChI is InChI=1S/C25H36ClN5O2/c1-5-31-24(18-14-27-21(12-20(18)33-4)29-19-11-8-16(19)3)22(26)23(30-31)25(32)28-13-17-9-6-15(2)7-10-17/h12,14-17,19H,5-11,13H2,1-4H3,(H,27,29)(H,28,32). The Balaban J connectivity index is 1.53. The van der Waals surface area contributed by atoms with Crippen molar-refractivity contribution in [2.75, 3.05) is 19.0 Å². The summed E-state index contributed by atoms with van der Waals surface area (Å²) in [5.74, 6) is 3.17. The Morgan fingerprint density at radius 2 is 1.97 bits per heavy atom. The maximum Gasteiger partial charge on any atom is 0.273 e. The normalized spacial score (nSPS) is 24.8. The summed E-state index contributed by atoms with van der Waals surface area (Å²) in [5, 5.41) is 11.4. The molecule has 33 heavy (non-hydrogen) atoms. The molecular formula is C25H36ClN5O2. The maximum absolute atomic E-state index is 13.0. The average Bonchev–Trinajstić information content (AvgIpc) is 3.16. The molecule has 2 aliphatic carbocycles. The number of hydrogen-bond acceptors (Lipinski definition) is 5. The highest BCUT2D eigenvalue weighted by atomic mass is 35.5. The van der Waals surface area contributed by atoms with Crippen molar-refractivity contribution in [2.45, 2.75) is 71.9 Å². The van der Waals surface area contributed by atoms with E-state index in [1.54, 1.807) is 18.0 Å². The summed E-state index contributed by atoms with van der Waals surface area (Å²) < 4.78 is 7.43. The van der Waals surface area contributed by atoms with Crippen molar-refractivity contribution in [1.82, 2.24) is 20.1 Å². The first-order chi connectivity index (χ1) is 15.9. The Morgan fingerprint density at radius 1 is 1.21 bits per heavy atom. The minimum Gasteiger partial charge on any atom is -0.496 e. The van der Waals surface area contributed by atoms with Gasteiger partial charge in [-0.15, -0.1) is 0 Å². The van der Waals surface area contributed by atoms with Crippen LogP contribution in [0.2, 0.25) is 5.02 Å². The van der Waals surface area contributed by atoms with E-state index in [0.717, 1.165) is 36.6 Å². The van der Waals surface area contributed by atoms with Gasteiger partial charge in [-0.25, -0.2) is 4.98 Å². The summed E-state index contributed by atoms with van der Waals surface area (Å²) in [4.78, 5) is 17.6. The van der Waals surface area contributed by atoms with Crippen LogP contribution in [0.4, 0.5) is 5.82 Å². The fraction of sp³-hybridized carbons (Fsp3) is 0.640. The van der Waals surface area contributed by atoms with E-state index >= 15 is 0 Å². The van der Waals surface area contributed by atoms with E-state index in [4.69, 9.17) is 16.3 Å². The Hall–Kier alpha value is -2.28. The van der Waals surface area contributed by atoms with Crippen LogP contribution < -0.4 is 15.4 Å². The lowest BCUT2D eigenvalue weighted by molar-refractivity contribution is 0.0936. The fourth-order valence-corrected chi connectivity index (χ4v) is 5.18. The third kappa shape index (κ3) is 5.13. The van der Waals surface area contributed by atoms with Crippen LogP contribution in [-0.2, 0) is 6.54 Å². The topological polar surface area (TPSA) is 81.1 Å². The van der Waals surface area contributed by atoms with Crippen LogP contribution in [-0.4, -0.2) is 40.4 Å². The van der Waals surface area contributed by atoms with Crippen molar-refractivity contribution >= 4 is 23.3 Å². The molecule has 7 nitrogen and oxygen atoms in total. The van der Waals surface area contributed by atoms with Gasteiger partial charge in [-0.3, -0.25) is 9.48 Å². The molecule has 2 N–H and O–H groups in total. The SMILES string of the molecule is CCn1nc(C(=O)NCC2CCC(C)CC2)c(Cl)c1-c1cnc(NC2CCC2C)cc1OC. The van der Waals surface area contributed by atoms with Crippen LogP contribution in [0.1, 0.15) is 69.8 Å². The molecule has 2 aromatic rings. The average molecular weight is 474 g/mol. The van der Waals surface area contributed by atoms with E-state index in [-0.39, 0.29) is 11.6 Å². The number of nitrogens with zero attached hydrogens (tertiary/aromatic N) is 3. The van der Waals surface area contributed by atoms with Crippen LogP contribution >= 0.6 is 11.6 Å². The Bertz CT molecular complexity index is 983. The molecule has 4 rings (SSSR count). The van der Waals surface area contributed by atoms with Gasteiger partial charge in [0, 0.05) is 31.4 Å². The van der Waals surface area contributed by atoms with Gasteiger partial charge in [0.25, 0.3) is 5.91 Å². The maximum atomic E-state index is 13.0. The zero-order valence-electron chi connectivity index (χ0n) is 20.2. The molecule has 0 spiro atoms. The van der Waals surface area contributed by atoms with Crippen molar-refractivity contribution in [3.63, 3.8) is 0 Å². The number of methoxy groups -OCH3 is 1. The second-order valence-corrected chi connectivity index (χ2v) is 10.1. The van der Waals surface area contributed by atoms with Crippen LogP contribution in [0.5, 0.6) is 5.75 Å².